The SMILES string of the molecule is CCSc1nnc([C@H](NC(=O)OC(C)(C)C)[C@@H](C)CC)o1. The van der Waals surface area contributed by atoms with Gasteiger partial charge in [0.2, 0.25) is 5.89 Å². The summed E-state index contributed by atoms with van der Waals surface area (Å²) in [4.78, 5) is 12.0. The van der Waals surface area contributed by atoms with Crippen LogP contribution < -0.4 is 5.32 Å². The first kappa shape index (κ1) is 17.8. The summed E-state index contributed by atoms with van der Waals surface area (Å²) in [7, 11) is 0. The summed E-state index contributed by atoms with van der Waals surface area (Å²) in [6, 6.07) is -0.344. The number of nitrogens with one attached hydrogen (secondary N) is 1. The molecule has 0 unspecified atom stereocenters. The molecule has 21 heavy (non-hydrogen) atoms. The molecule has 1 aromatic heterocycles. The number of carbonyl (C=O) groups excluding carboxylic acids is 1. The van der Waals surface area contributed by atoms with E-state index < -0.39 is 11.7 Å². The summed E-state index contributed by atoms with van der Waals surface area (Å²) < 4.78 is 10.9. The fraction of sp³-hybridized carbons (Fsp3) is 0.786. The predicted octanol–water partition coefficient (Wildman–Crippen LogP) is 3.79. The van der Waals surface area contributed by atoms with E-state index in [0.29, 0.717) is 11.1 Å². The molecule has 1 aromatic rings. The Balaban J connectivity index is 2.82. The fourth-order valence-electron chi connectivity index (χ4n) is 1.65. The second-order valence-electron chi connectivity index (χ2n) is 5.85. The maximum atomic E-state index is 12.0. The van der Waals surface area contributed by atoms with Crippen molar-refractivity contribution in [3.8, 4) is 0 Å². The van der Waals surface area contributed by atoms with Gasteiger partial charge in [0.25, 0.3) is 5.22 Å². The summed E-state index contributed by atoms with van der Waals surface area (Å²) in [5.74, 6) is 1.44. The number of rotatable bonds is 6. The quantitative estimate of drug-likeness (QED) is 0.805. The molecule has 0 aliphatic rings. The number of nitrogens with zero attached hydrogens (tertiary/aromatic N) is 2. The van der Waals surface area contributed by atoms with Gasteiger partial charge < -0.3 is 14.5 Å². The number of thioether (sulfide) groups is 1. The molecule has 0 radical (unpaired) electrons. The summed E-state index contributed by atoms with van der Waals surface area (Å²) in [5.41, 5.74) is -0.540. The Labute approximate surface area is 130 Å². The molecule has 0 saturated carbocycles. The van der Waals surface area contributed by atoms with Gasteiger partial charge in [0.15, 0.2) is 0 Å². The van der Waals surface area contributed by atoms with Crippen molar-refractivity contribution in [1.29, 1.82) is 0 Å². The Hall–Kier alpha value is -1.24. The van der Waals surface area contributed by atoms with E-state index in [1.54, 1.807) is 0 Å². The molecular formula is C14H25N3O3S. The first-order valence-corrected chi connectivity index (χ1v) is 8.21. The molecule has 2 atom stereocenters. The van der Waals surface area contributed by atoms with Gasteiger partial charge in [0.1, 0.15) is 11.6 Å². The molecule has 1 rings (SSSR count). The average molecular weight is 315 g/mol. The van der Waals surface area contributed by atoms with Crippen molar-refractivity contribution in [2.24, 2.45) is 5.92 Å². The van der Waals surface area contributed by atoms with Crippen LogP contribution in [0.3, 0.4) is 0 Å². The molecule has 0 bridgehead atoms. The second kappa shape index (κ2) is 7.68. The van der Waals surface area contributed by atoms with Crippen LogP contribution >= 0.6 is 11.8 Å². The molecule has 7 heteroatoms. The molecule has 6 nitrogen and oxygen atoms in total. The third kappa shape index (κ3) is 5.95. The van der Waals surface area contributed by atoms with Gasteiger partial charge in [-0.2, -0.15) is 0 Å². The maximum Gasteiger partial charge on any atom is 0.408 e. The Kier molecular flexibility index (Phi) is 6.51. The Morgan fingerprint density at radius 3 is 2.57 bits per heavy atom. The van der Waals surface area contributed by atoms with Crippen LogP contribution in [0.15, 0.2) is 9.64 Å². The zero-order chi connectivity index (χ0) is 16.0. The highest BCUT2D eigenvalue weighted by molar-refractivity contribution is 7.99. The lowest BCUT2D eigenvalue weighted by Gasteiger charge is -2.24. The number of alkyl carbamates (subject to hydrolysis) is 1. The van der Waals surface area contributed by atoms with Crippen molar-refractivity contribution >= 4 is 17.9 Å². The van der Waals surface area contributed by atoms with Gasteiger partial charge in [-0.1, -0.05) is 39.0 Å². The molecule has 0 aromatic carbocycles. The molecule has 1 heterocycles. The van der Waals surface area contributed by atoms with E-state index in [2.05, 4.69) is 15.5 Å². The molecular weight excluding hydrogens is 290 g/mol. The van der Waals surface area contributed by atoms with Crippen LogP contribution in [0.4, 0.5) is 4.79 Å². The summed E-state index contributed by atoms with van der Waals surface area (Å²) >= 11 is 1.48. The number of aromatic nitrogens is 2. The molecule has 0 saturated heterocycles. The summed E-state index contributed by atoms with van der Waals surface area (Å²) in [6.45, 7) is 11.6. The predicted molar refractivity (Wildman–Crippen MR) is 82.3 cm³/mol. The molecule has 120 valence electrons. The monoisotopic (exact) mass is 315 g/mol. The largest absolute Gasteiger partial charge is 0.444 e. The van der Waals surface area contributed by atoms with Gasteiger partial charge in [-0.3, -0.25) is 0 Å². The lowest BCUT2D eigenvalue weighted by Crippen LogP contribution is -2.37. The van der Waals surface area contributed by atoms with Crippen LogP contribution in [0, 0.1) is 5.92 Å². The Morgan fingerprint density at radius 2 is 2.05 bits per heavy atom. The van der Waals surface area contributed by atoms with Gasteiger partial charge in [-0.25, -0.2) is 4.79 Å². The highest BCUT2D eigenvalue weighted by atomic mass is 32.2. The van der Waals surface area contributed by atoms with Gasteiger partial charge in [-0.15, -0.1) is 10.2 Å². The number of amides is 1. The molecule has 0 aliphatic carbocycles. The van der Waals surface area contributed by atoms with Crippen LogP contribution in [0.2, 0.25) is 0 Å². The first-order chi connectivity index (χ1) is 9.76. The average Bonchev–Trinajstić information content (AvgIpc) is 2.82. The van der Waals surface area contributed by atoms with Crippen molar-refractivity contribution in [2.75, 3.05) is 5.75 Å². The smallest absolute Gasteiger partial charge is 0.408 e. The van der Waals surface area contributed by atoms with Crippen molar-refractivity contribution in [1.82, 2.24) is 15.5 Å². The lowest BCUT2D eigenvalue weighted by molar-refractivity contribution is 0.0474. The third-order valence-corrected chi connectivity index (χ3v) is 3.54. The van der Waals surface area contributed by atoms with E-state index in [0.717, 1.165) is 12.2 Å². The highest BCUT2D eigenvalue weighted by Crippen LogP contribution is 2.26. The molecule has 0 fully saturated rings. The van der Waals surface area contributed by atoms with Crippen LogP contribution in [-0.4, -0.2) is 27.6 Å². The maximum absolute atomic E-state index is 12.0. The van der Waals surface area contributed by atoms with Crippen LogP contribution in [0.5, 0.6) is 0 Å². The van der Waals surface area contributed by atoms with Gasteiger partial charge in [0, 0.05) is 0 Å². The standard InChI is InChI=1S/C14H25N3O3S/c1-7-9(3)10(15-12(18)20-14(4,5)6)11-16-17-13(19-11)21-8-2/h9-10H,7-8H2,1-6H3,(H,15,18)/t9-,10+/m0/s1. The van der Waals surface area contributed by atoms with Gasteiger partial charge >= 0.3 is 6.09 Å². The Morgan fingerprint density at radius 1 is 1.38 bits per heavy atom. The highest BCUT2D eigenvalue weighted by Gasteiger charge is 2.28. The minimum atomic E-state index is -0.540. The third-order valence-electron chi connectivity index (χ3n) is 2.84. The van der Waals surface area contributed by atoms with Crippen molar-refractivity contribution in [3.63, 3.8) is 0 Å². The van der Waals surface area contributed by atoms with Crippen molar-refractivity contribution in [3.05, 3.63) is 5.89 Å². The molecule has 0 aliphatic heterocycles. The van der Waals surface area contributed by atoms with E-state index in [9.17, 15) is 4.79 Å². The molecule has 1 N–H and O–H groups in total. The number of hydrogen-bond acceptors (Lipinski definition) is 6. The van der Waals surface area contributed by atoms with Crippen molar-refractivity contribution in [2.45, 2.75) is 64.8 Å². The Bertz CT molecular complexity index is 457. The minimum Gasteiger partial charge on any atom is -0.444 e. The zero-order valence-corrected chi connectivity index (χ0v) is 14.4. The summed E-state index contributed by atoms with van der Waals surface area (Å²) in [5, 5.41) is 11.4. The van der Waals surface area contributed by atoms with E-state index in [1.807, 2.05) is 41.5 Å². The van der Waals surface area contributed by atoms with Crippen LogP contribution in [0.25, 0.3) is 0 Å². The van der Waals surface area contributed by atoms with E-state index in [4.69, 9.17) is 9.15 Å². The molecule has 1 amide bonds. The van der Waals surface area contributed by atoms with Gasteiger partial charge in [-0.05, 0) is 32.4 Å². The second-order valence-corrected chi connectivity index (χ2v) is 7.06. The van der Waals surface area contributed by atoms with Gasteiger partial charge in [0.05, 0.1) is 0 Å². The number of carbonyl (C=O) groups is 1. The minimum absolute atomic E-state index is 0.164. The molecule has 0 spiro atoms. The first-order valence-electron chi connectivity index (χ1n) is 7.22. The number of hydrogen-bond donors (Lipinski definition) is 1. The van der Waals surface area contributed by atoms with Crippen molar-refractivity contribution < 1.29 is 13.9 Å². The lowest BCUT2D eigenvalue weighted by atomic mass is 9.99. The normalized spacial score (nSPS) is 14.6. The topological polar surface area (TPSA) is 77.2 Å². The number of ether oxygens (including phenoxy) is 1. The fourth-order valence-corrected chi connectivity index (χ4v) is 2.14. The van der Waals surface area contributed by atoms with E-state index in [1.165, 1.54) is 11.8 Å². The van der Waals surface area contributed by atoms with Crippen LogP contribution in [-0.2, 0) is 4.74 Å². The summed E-state index contributed by atoms with van der Waals surface area (Å²) in [6.07, 6.45) is 0.398. The zero-order valence-electron chi connectivity index (χ0n) is 13.6. The van der Waals surface area contributed by atoms with E-state index >= 15 is 0 Å². The van der Waals surface area contributed by atoms with E-state index in [-0.39, 0.29) is 12.0 Å². The van der Waals surface area contributed by atoms with Crippen LogP contribution in [0.1, 0.15) is 59.9 Å².